The van der Waals surface area contributed by atoms with E-state index in [4.69, 9.17) is 4.55 Å². The molecule has 0 bridgehead atoms. The van der Waals surface area contributed by atoms with Gasteiger partial charge < -0.3 is 0 Å². The van der Waals surface area contributed by atoms with Crippen LogP contribution in [-0.2, 0) is 14.9 Å². The number of allylic oxidation sites excluding steroid dienone is 2. The molecule has 0 heterocycles. The van der Waals surface area contributed by atoms with Crippen LogP contribution in [0.15, 0.2) is 36.9 Å². The summed E-state index contributed by atoms with van der Waals surface area (Å²) < 4.78 is 31.2. The smallest absolute Gasteiger partial charge is 0.289 e. The molecular formula is C11H8O4S. The Kier molecular flexibility index (Phi) is 2.29. The zero-order valence-electron chi connectivity index (χ0n) is 8.17. The first-order valence-corrected chi connectivity index (χ1v) is 5.87. The fourth-order valence-corrected chi connectivity index (χ4v) is 2.30. The second-order valence-electron chi connectivity index (χ2n) is 3.37. The van der Waals surface area contributed by atoms with Crippen LogP contribution in [0.3, 0.4) is 0 Å². The van der Waals surface area contributed by atoms with Crippen LogP contribution in [0.25, 0.3) is 10.5 Å². The van der Waals surface area contributed by atoms with Crippen LogP contribution in [0.5, 0.6) is 0 Å². The molecule has 0 fully saturated rings. The molecule has 0 atom stereocenters. The van der Waals surface area contributed by atoms with E-state index in [-0.39, 0.29) is 10.5 Å². The van der Waals surface area contributed by atoms with Crippen LogP contribution in [0.1, 0.15) is 11.1 Å². The van der Waals surface area contributed by atoms with Crippen molar-refractivity contribution in [2.45, 2.75) is 0 Å². The first-order valence-electron chi connectivity index (χ1n) is 4.43. The lowest BCUT2D eigenvalue weighted by molar-refractivity contribution is -0.109. The Labute approximate surface area is 92.7 Å². The summed E-state index contributed by atoms with van der Waals surface area (Å²) in [4.78, 5) is 11.1. The third-order valence-corrected chi connectivity index (χ3v) is 3.25. The Balaban J connectivity index is 2.80. The minimum absolute atomic E-state index is 0.225. The minimum Gasteiger partial charge on any atom is -0.289 e. The van der Waals surface area contributed by atoms with Crippen molar-refractivity contribution < 1.29 is 17.8 Å². The van der Waals surface area contributed by atoms with Crippen LogP contribution in [0.2, 0.25) is 0 Å². The molecule has 16 heavy (non-hydrogen) atoms. The van der Waals surface area contributed by atoms with Gasteiger partial charge in [0.2, 0.25) is 0 Å². The van der Waals surface area contributed by atoms with E-state index in [1.54, 1.807) is 18.2 Å². The molecule has 4 nitrogen and oxygen atoms in total. The van der Waals surface area contributed by atoms with Gasteiger partial charge in [-0.3, -0.25) is 9.35 Å². The topological polar surface area (TPSA) is 71.4 Å². The molecule has 2 rings (SSSR count). The molecule has 0 amide bonds. The Hall–Kier alpha value is -1.72. The Morgan fingerprint density at radius 1 is 1.12 bits per heavy atom. The predicted octanol–water partition coefficient (Wildman–Crippen LogP) is 1.51. The average Bonchev–Trinajstić information content (AvgIpc) is 2.22. The number of carbonyl (C=O) groups is 1. The Morgan fingerprint density at radius 2 is 1.69 bits per heavy atom. The minimum atomic E-state index is -4.40. The standard InChI is InChI=1S/C11H8O4S/c1-7-8-4-2-3-5-9(8)11(6-10(7)12)16(13,14)15/h2-6H,1H2,(H,13,14,15). The number of benzene rings is 1. The number of rotatable bonds is 1. The van der Waals surface area contributed by atoms with Crippen molar-refractivity contribution in [1.29, 1.82) is 0 Å². The number of hydrogen-bond donors (Lipinski definition) is 1. The molecule has 0 radical (unpaired) electrons. The maximum absolute atomic E-state index is 11.5. The Morgan fingerprint density at radius 3 is 2.25 bits per heavy atom. The first kappa shape index (κ1) is 10.8. The van der Waals surface area contributed by atoms with Crippen molar-refractivity contribution in [1.82, 2.24) is 0 Å². The van der Waals surface area contributed by atoms with Gasteiger partial charge in [0, 0.05) is 17.2 Å². The average molecular weight is 236 g/mol. The molecule has 1 aromatic carbocycles. The lowest BCUT2D eigenvalue weighted by atomic mass is 9.92. The lowest BCUT2D eigenvalue weighted by Crippen LogP contribution is -2.12. The normalized spacial score (nSPS) is 15.7. The second kappa shape index (κ2) is 3.40. The fraction of sp³-hybridized carbons (Fsp3) is 0. The van der Waals surface area contributed by atoms with Gasteiger partial charge in [-0.05, 0) is 5.56 Å². The van der Waals surface area contributed by atoms with Crippen molar-refractivity contribution >= 4 is 26.4 Å². The highest BCUT2D eigenvalue weighted by Crippen LogP contribution is 2.33. The van der Waals surface area contributed by atoms with Gasteiger partial charge in [-0.15, -0.1) is 0 Å². The molecular weight excluding hydrogens is 228 g/mol. The van der Waals surface area contributed by atoms with Crippen LogP contribution < -0.4 is 0 Å². The van der Waals surface area contributed by atoms with E-state index in [0.29, 0.717) is 11.1 Å². The number of ketones is 1. The summed E-state index contributed by atoms with van der Waals surface area (Å²) in [6, 6.07) is 6.41. The van der Waals surface area contributed by atoms with Crippen molar-refractivity contribution in [3.05, 3.63) is 48.0 Å². The molecule has 0 aromatic heterocycles. The first-order chi connectivity index (χ1) is 7.41. The molecule has 1 aliphatic carbocycles. The lowest BCUT2D eigenvalue weighted by Gasteiger charge is -2.16. The van der Waals surface area contributed by atoms with Gasteiger partial charge in [0.05, 0.1) is 0 Å². The van der Waals surface area contributed by atoms with E-state index in [2.05, 4.69) is 6.58 Å². The quantitative estimate of drug-likeness (QED) is 0.592. The largest absolute Gasteiger partial charge is 0.295 e. The maximum Gasteiger partial charge on any atom is 0.295 e. The number of carbonyl (C=O) groups excluding carboxylic acids is 1. The highest BCUT2D eigenvalue weighted by atomic mass is 32.2. The van der Waals surface area contributed by atoms with Crippen molar-refractivity contribution in [3.8, 4) is 0 Å². The summed E-state index contributed by atoms with van der Waals surface area (Å²) in [5.74, 6) is -0.508. The third kappa shape index (κ3) is 1.60. The van der Waals surface area contributed by atoms with Gasteiger partial charge in [0.25, 0.3) is 10.1 Å². The summed E-state index contributed by atoms with van der Waals surface area (Å²) in [6.07, 6.45) is 0.889. The second-order valence-corrected chi connectivity index (χ2v) is 4.76. The summed E-state index contributed by atoms with van der Waals surface area (Å²) >= 11 is 0. The summed E-state index contributed by atoms with van der Waals surface area (Å²) in [5, 5.41) is 0. The third-order valence-electron chi connectivity index (χ3n) is 2.36. The van der Waals surface area contributed by atoms with E-state index in [9.17, 15) is 13.2 Å². The van der Waals surface area contributed by atoms with E-state index in [1.165, 1.54) is 6.07 Å². The van der Waals surface area contributed by atoms with Gasteiger partial charge in [0.15, 0.2) is 5.78 Å². The molecule has 0 aliphatic heterocycles. The molecule has 1 N–H and O–H groups in total. The van der Waals surface area contributed by atoms with Crippen molar-refractivity contribution in [3.63, 3.8) is 0 Å². The van der Waals surface area contributed by atoms with Crippen molar-refractivity contribution in [2.24, 2.45) is 0 Å². The van der Waals surface area contributed by atoms with Crippen LogP contribution in [0.4, 0.5) is 0 Å². The van der Waals surface area contributed by atoms with Gasteiger partial charge in [-0.2, -0.15) is 8.42 Å². The van der Waals surface area contributed by atoms with Crippen molar-refractivity contribution in [2.75, 3.05) is 0 Å². The summed E-state index contributed by atoms with van der Waals surface area (Å²) in [6.45, 7) is 3.58. The SMILES string of the molecule is C=C1C(=O)C=C(S(=O)(=O)O)c2ccccc21. The van der Waals surface area contributed by atoms with Gasteiger partial charge in [-0.1, -0.05) is 30.8 Å². The highest BCUT2D eigenvalue weighted by Gasteiger charge is 2.27. The zero-order valence-corrected chi connectivity index (χ0v) is 8.99. The molecule has 0 spiro atoms. The monoisotopic (exact) mass is 236 g/mol. The summed E-state index contributed by atoms with van der Waals surface area (Å²) in [5.41, 5.74) is 0.959. The molecule has 5 heteroatoms. The zero-order chi connectivity index (χ0) is 11.9. The van der Waals surface area contributed by atoms with E-state index in [1.807, 2.05) is 0 Å². The Bertz CT molecular complexity index is 623. The van der Waals surface area contributed by atoms with Crippen LogP contribution in [0, 0.1) is 0 Å². The molecule has 1 aliphatic rings. The van der Waals surface area contributed by atoms with E-state index >= 15 is 0 Å². The van der Waals surface area contributed by atoms with E-state index in [0.717, 1.165) is 6.08 Å². The van der Waals surface area contributed by atoms with Gasteiger partial charge >= 0.3 is 0 Å². The highest BCUT2D eigenvalue weighted by molar-refractivity contribution is 7.95. The van der Waals surface area contributed by atoms with Crippen LogP contribution >= 0.6 is 0 Å². The van der Waals surface area contributed by atoms with Crippen LogP contribution in [-0.4, -0.2) is 18.8 Å². The number of fused-ring (bicyclic) bond motifs is 1. The number of hydrogen-bond acceptors (Lipinski definition) is 3. The van der Waals surface area contributed by atoms with Gasteiger partial charge in [0.1, 0.15) is 4.91 Å². The van der Waals surface area contributed by atoms with E-state index < -0.39 is 15.9 Å². The molecule has 1 aromatic rings. The molecule has 82 valence electrons. The van der Waals surface area contributed by atoms with Gasteiger partial charge in [-0.25, -0.2) is 0 Å². The maximum atomic E-state index is 11.5. The summed E-state index contributed by atoms with van der Waals surface area (Å²) in [7, 11) is -4.40. The molecule has 0 unspecified atom stereocenters. The fourth-order valence-electron chi connectivity index (χ4n) is 1.59. The molecule has 0 saturated heterocycles. The predicted molar refractivity (Wildman–Crippen MR) is 60.0 cm³/mol. The molecule has 0 saturated carbocycles.